The van der Waals surface area contributed by atoms with Crippen LogP contribution in [0, 0.1) is 0 Å². The maximum Gasteiger partial charge on any atom is 0.176 e. The molecule has 0 saturated carbocycles. The van der Waals surface area contributed by atoms with Gasteiger partial charge in [-0.25, -0.2) is 0 Å². The molecule has 0 N–H and O–H groups in total. The largest absolute Gasteiger partial charge is 0.293 e. The van der Waals surface area contributed by atoms with Crippen molar-refractivity contribution in [3.63, 3.8) is 0 Å². The molecule has 2 heteroatoms. The number of halogens is 1. The van der Waals surface area contributed by atoms with E-state index in [1.54, 1.807) is 0 Å². The lowest BCUT2D eigenvalue weighted by atomic mass is 9.70. The predicted molar refractivity (Wildman–Crippen MR) is 114 cm³/mol. The van der Waals surface area contributed by atoms with E-state index in [-0.39, 0.29) is 16.0 Å². The van der Waals surface area contributed by atoms with E-state index in [1.165, 1.54) is 47.9 Å². The van der Waals surface area contributed by atoms with Crippen LogP contribution in [0.2, 0.25) is 0 Å². The zero-order chi connectivity index (χ0) is 18.7. The summed E-state index contributed by atoms with van der Waals surface area (Å²) in [6.07, 6.45) is 7.14. The Balaban J connectivity index is 2.19. The van der Waals surface area contributed by atoms with E-state index in [4.69, 9.17) is 0 Å². The van der Waals surface area contributed by atoms with Gasteiger partial charge in [0.05, 0.1) is 4.83 Å². The second-order valence-electron chi connectivity index (χ2n) is 7.58. The molecule has 2 aromatic carbocycles. The molecule has 0 spiro atoms. The van der Waals surface area contributed by atoms with Crippen molar-refractivity contribution in [2.24, 2.45) is 0 Å². The summed E-state index contributed by atoms with van der Waals surface area (Å²) in [6, 6.07) is 15.3. The molecule has 0 saturated heterocycles. The number of benzene rings is 2. The Morgan fingerprint density at radius 2 is 1.58 bits per heavy atom. The number of carbonyl (C=O) groups excluding carboxylic acids is 1. The van der Waals surface area contributed by atoms with E-state index >= 15 is 0 Å². The number of hydrogen-bond acceptors (Lipinski definition) is 1. The molecular formula is C24H29BrO. The van der Waals surface area contributed by atoms with Gasteiger partial charge in [0.2, 0.25) is 0 Å². The maximum atomic E-state index is 12.6. The molecule has 0 bridgehead atoms. The first-order valence-electron chi connectivity index (χ1n) is 9.98. The molecule has 0 heterocycles. The predicted octanol–water partition coefficient (Wildman–Crippen LogP) is 7.30. The number of ketones is 1. The van der Waals surface area contributed by atoms with Crippen LogP contribution in [-0.2, 0) is 5.41 Å². The van der Waals surface area contributed by atoms with Gasteiger partial charge in [-0.05, 0) is 48.1 Å². The Morgan fingerprint density at radius 3 is 2.19 bits per heavy atom. The van der Waals surface area contributed by atoms with Crippen LogP contribution in [0.1, 0.15) is 80.8 Å². The smallest absolute Gasteiger partial charge is 0.176 e. The lowest BCUT2D eigenvalue weighted by Crippen LogP contribution is -2.26. The van der Waals surface area contributed by atoms with Gasteiger partial charge in [0.1, 0.15) is 0 Å². The van der Waals surface area contributed by atoms with Gasteiger partial charge in [-0.1, -0.05) is 91.9 Å². The zero-order valence-corrected chi connectivity index (χ0v) is 17.7. The van der Waals surface area contributed by atoms with Crippen LogP contribution in [0.5, 0.6) is 0 Å². The summed E-state index contributed by atoms with van der Waals surface area (Å²) < 4.78 is 0. The number of alkyl halides is 1. The standard InChI is InChI=1S/C24H29BrO/c1-4-6-14-24(15-7-5-2)21-11-9-8-10-19(21)20-13-12-18(16-22(20)24)23(26)17(3)25/h8-13,16-17H,4-7,14-15H2,1-3H3. The Morgan fingerprint density at radius 1 is 0.962 bits per heavy atom. The third-order valence-electron chi connectivity index (χ3n) is 5.83. The molecule has 1 aliphatic carbocycles. The quantitative estimate of drug-likeness (QED) is 0.328. The third kappa shape index (κ3) is 3.29. The van der Waals surface area contributed by atoms with Gasteiger partial charge in [-0.15, -0.1) is 0 Å². The highest BCUT2D eigenvalue weighted by Gasteiger charge is 2.42. The number of fused-ring (bicyclic) bond motifs is 3. The molecule has 3 rings (SSSR count). The zero-order valence-electron chi connectivity index (χ0n) is 16.1. The van der Waals surface area contributed by atoms with E-state index in [0.717, 1.165) is 18.4 Å². The summed E-state index contributed by atoms with van der Waals surface area (Å²) in [5.41, 5.74) is 6.42. The second-order valence-corrected chi connectivity index (χ2v) is 8.95. The van der Waals surface area contributed by atoms with Gasteiger partial charge in [0.25, 0.3) is 0 Å². The minimum atomic E-state index is -0.148. The molecule has 0 amide bonds. The van der Waals surface area contributed by atoms with Gasteiger partial charge < -0.3 is 0 Å². The number of Topliss-reactive ketones (excluding diaryl/α,β-unsaturated/α-hetero) is 1. The molecule has 1 unspecified atom stereocenters. The second kappa shape index (κ2) is 8.08. The molecule has 0 fully saturated rings. The van der Waals surface area contributed by atoms with Crippen LogP contribution in [0.15, 0.2) is 42.5 Å². The maximum absolute atomic E-state index is 12.6. The molecule has 0 radical (unpaired) electrons. The fourth-order valence-corrected chi connectivity index (χ4v) is 4.72. The van der Waals surface area contributed by atoms with Crippen molar-refractivity contribution < 1.29 is 4.79 Å². The Bertz CT molecular complexity index is 783. The van der Waals surface area contributed by atoms with Gasteiger partial charge >= 0.3 is 0 Å². The van der Waals surface area contributed by atoms with E-state index in [0.29, 0.717) is 0 Å². The summed E-state index contributed by atoms with van der Waals surface area (Å²) in [4.78, 5) is 12.5. The lowest BCUT2D eigenvalue weighted by molar-refractivity contribution is 0.0995. The molecule has 1 nitrogen and oxygen atoms in total. The minimum absolute atomic E-state index is 0.0593. The minimum Gasteiger partial charge on any atom is -0.293 e. The first-order chi connectivity index (χ1) is 12.5. The van der Waals surface area contributed by atoms with Crippen molar-refractivity contribution in [3.8, 4) is 11.1 Å². The molecule has 0 aliphatic heterocycles. The average Bonchev–Trinajstić information content (AvgIpc) is 2.94. The molecule has 2 aromatic rings. The first-order valence-corrected chi connectivity index (χ1v) is 10.9. The highest BCUT2D eigenvalue weighted by atomic mass is 79.9. The Labute approximate surface area is 166 Å². The highest BCUT2D eigenvalue weighted by molar-refractivity contribution is 9.10. The molecule has 0 aromatic heterocycles. The van der Waals surface area contributed by atoms with E-state index < -0.39 is 0 Å². The third-order valence-corrected chi connectivity index (χ3v) is 6.24. The summed E-state index contributed by atoms with van der Waals surface area (Å²) in [6.45, 7) is 6.44. The van der Waals surface area contributed by atoms with Crippen molar-refractivity contribution in [2.75, 3.05) is 0 Å². The molecular weight excluding hydrogens is 384 g/mol. The number of rotatable bonds is 8. The number of carbonyl (C=O) groups is 1. The van der Waals surface area contributed by atoms with E-state index in [1.807, 2.05) is 13.0 Å². The van der Waals surface area contributed by atoms with Crippen LogP contribution in [-0.4, -0.2) is 10.6 Å². The average molecular weight is 413 g/mol. The highest BCUT2D eigenvalue weighted by Crippen LogP contribution is 2.54. The topological polar surface area (TPSA) is 17.1 Å². The van der Waals surface area contributed by atoms with E-state index in [2.05, 4.69) is 66.2 Å². The van der Waals surface area contributed by atoms with Crippen molar-refractivity contribution >= 4 is 21.7 Å². The van der Waals surface area contributed by atoms with Crippen LogP contribution in [0.25, 0.3) is 11.1 Å². The van der Waals surface area contributed by atoms with Gasteiger partial charge in [-0.3, -0.25) is 4.79 Å². The summed E-state index contributed by atoms with van der Waals surface area (Å²) in [7, 11) is 0. The molecule has 138 valence electrons. The first kappa shape index (κ1) is 19.4. The Hall–Kier alpha value is -1.41. The van der Waals surface area contributed by atoms with Crippen LogP contribution in [0.3, 0.4) is 0 Å². The van der Waals surface area contributed by atoms with Crippen LogP contribution < -0.4 is 0 Å². The summed E-state index contributed by atoms with van der Waals surface area (Å²) in [5, 5.41) is 0. The van der Waals surface area contributed by atoms with Crippen molar-refractivity contribution in [1.82, 2.24) is 0 Å². The fourth-order valence-electron chi connectivity index (χ4n) is 4.46. The monoisotopic (exact) mass is 412 g/mol. The van der Waals surface area contributed by atoms with Gasteiger partial charge in [0, 0.05) is 11.0 Å². The number of unbranched alkanes of at least 4 members (excludes halogenated alkanes) is 2. The normalized spacial score (nSPS) is 15.4. The van der Waals surface area contributed by atoms with Crippen LogP contribution in [0.4, 0.5) is 0 Å². The Kier molecular flexibility index (Phi) is 6.02. The molecule has 1 atom stereocenters. The van der Waals surface area contributed by atoms with E-state index in [9.17, 15) is 4.79 Å². The summed E-state index contributed by atoms with van der Waals surface area (Å²) >= 11 is 3.45. The fraction of sp³-hybridized carbons (Fsp3) is 0.458. The van der Waals surface area contributed by atoms with Gasteiger partial charge in [0.15, 0.2) is 5.78 Å². The lowest BCUT2D eigenvalue weighted by Gasteiger charge is -2.33. The number of hydrogen-bond donors (Lipinski definition) is 0. The van der Waals surface area contributed by atoms with Gasteiger partial charge in [-0.2, -0.15) is 0 Å². The summed E-state index contributed by atoms with van der Waals surface area (Å²) in [5.74, 6) is 0.170. The van der Waals surface area contributed by atoms with Crippen molar-refractivity contribution in [3.05, 3.63) is 59.2 Å². The van der Waals surface area contributed by atoms with Crippen LogP contribution >= 0.6 is 15.9 Å². The molecule has 26 heavy (non-hydrogen) atoms. The molecule has 1 aliphatic rings. The van der Waals surface area contributed by atoms with Crippen molar-refractivity contribution in [2.45, 2.75) is 69.5 Å². The SMILES string of the molecule is CCCCC1(CCCC)c2ccccc2-c2ccc(C(=O)C(C)Br)cc21. The van der Waals surface area contributed by atoms with Crippen molar-refractivity contribution in [1.29, 1.82) is 0 Å².